The summed E-state index contributed by atoms with van der Waals surface area (Å²) in [7, 11) is 0. The number of hydrogen-bond acceptors (Lipinski definition) is 5. The van der Waals surface area contributed by atoms with Crippen LogP contribution in [0, 0.1) is 11.3 Å². The molecule has 1 amide bonds. The van der Waals surface area contributed by atoms with E-state index in [0.717, 1.165) is 38.2 Å². The minimum atomic E-state index is 0.176. The molecule has 3 rings (SSSR count). The van der Waals surface area contributed by atoms with E-state index in [1.165, 1.54) is 11.1 Å². The predicted molar refractivity (Wildman–Crippen MR) is 106 cm³/mol. The van der Waals surface area contributed by atoms with Crippen molar-refractivity contribution in [1.29, 1.82) is 5.26 Å². The largest absolute Gasteiger partial charge is 0.354 e. The van der Waals surface area contributed by atoms with E-state index < -0.39 is 0 Å². The summed E-state index contributed by atoms with van der Waals surface area (Å²) in [6.07, 6.45) is 2.76. The number of nitriles is 1. The van der Waals surface area contributed by atoms with Crippen LogP contribution in [0.15, 0.2) is 36.4 Å². The van der Waals surface area contributed by atoms with Crippen LogP contribution >= 0.6 is 0 Å². The molecule has 2 heterocycles. The lowest BCUT2D eigenvalue weighted by molar-refractivity contribution is -0.110. The minimum Gasteiger partial charge on any atom is -0.354 e. The molecule has 1 atom stereocenters. The molecular weight excluding hydrogens is 338 g/mol. The van der Waals surface area contributed by atoms with Crippen LogP contribution in [-0.4, -0.2) is 35.7 Å². The maximum atomic E-state index is 10.3. The summed E-state index contributed by atoms with van der Waals surface area (Å²) >= 11 is 0. The normalized spacial score (nSPS) is 15.7. The fourth-order valence-corrected chi connectivity index (χ4v) is 2.89. The van der Waals surface area contributed by atoms with Crippen LogP contribution in [0.1, 0.15) is 49.9 Å². The summed E-state index contributed by atoms with van der Waals surface area (Å²) < 4.78 is 0. The second-order valence-electron chi connectivity index (χ2n) is 6.85. The predicted octanol–water partition coefficient (Wildman–Crippen LogP) is 3.05. The van der Waals surface area contributed by atoms with Gasteiger partial charge < -0.3 is 10.2 Å². The molecule has 0 saturated carbocycles. The molecule has 2 aromatic rings. The average molecular weight is 365 g/mol. The lowest BCUT2D eigenvalue weighted by atomic mass is 10.0. The quantitative estimate of drug-likeness (QED) is 0.824. The molecule has 1 aliphatic rings. The molecule has 27 heavy (non-hydrogen) atoms. The Bertz CT molecular complexity index is 750. The molecule has 0 spiro atoms. The number of hydrogen-bond donors (Lipinski definition) is 1. The van der Waals surface area contributed by atoms with Crippen molar-refractivity contribution in [3.63, 3.8) is 0 Å². The number of benzene rings is 1. The first-order chi connectivity index (χ1) is 13.1. The SMILES string of the molecule is CCc1ccc(C(C)C)cc1.N#Cc1ccc(N2CCC(NC=O)C2)nn1. The number of amides is 1. The second kappa shape index (κ2) is 10.3. The lowest BCUT2D eigenvalue weighted by Crippen LogP contribution is -2.31. The first-order valence-corrected chi connectivity index (χ1v) is 9.34. The Kier molecular flexibility index (Phi) is 7.75. The van der Waals surface area contributed by atoms with Crippen molar-refractivity contribution in [1.82, 2.24) is 15.5 Å². The van der Waals surface area contributed by atoms with E-state index in [1.54, 1.807) is 12.1 Å². The van der Waals surface area contributed by atoms with Gasteiger partial charge in [0.2, 0.25) is 6.41 Å². The Balaban J connectivity index is 0.000000208. The summed E-state index contributed by atoms with van der Waals surface area (Å²) in [5.41, 5.74) is 3.17. The number of carbonyl (C=O) groups is 1. The number of rotatable bonds is 5. The van der Waals surface area contributed by atoms with Crippen molar-refractivity contribution in [2.75, 3.05) is 18.0 Å². The molecule has 0 radical (unpaired) electrons. The Labute approximate surface area is 161 Å². The van der Waals surface area contributed by atoms with Crippen LogP contribution in [0.2, 0.25) is 0 Å². The van der Waals surface area contributed by atoms with E-state index in [0.29, 0.717) is 11.6 Å². The van der Waals surface area contributed by atoms with Gasteiger partial charge in [0.1, 0.15) is 6.07 Å². The summed E-state index contributed by atoms with van der Waals surface area (Å²) in [6.45, 7) is 8.21. The zero-order valence-corrected chi connectivity index (χ0v) is 16.2. The number of anilines is 1. The van der Waals surface area contributed by atoms with Crippen molar-refractivity contribution in [3.05, 3.63) is 53.2 Å². The van der Waals surface area contributed by atoms with Gasteiger partial charge in [-0.15, -0.1) is 10.2 Å². The Hall–Kier alpha value is -2.94. The molecule has 1 aromatic heterocycles. The van der Waals surface area contributed by atoms with E-state index in [-0.39, 0.29) is 6.04 Å². The van der Waals surface area contributed by atoms with E-state index >= 15 is 0 Å². The highest BCUT2D eigenvalue weighted by molar-refractivity contribution is 5.48. The first kappa shape index (κ1) is 20.4. The van der Waals surface area contributed by atoms with Crippen LogP contribution in [0.5, 0.6) is 0 Å². The third kappa shape index (κ3) is 6.07. The number of nitrogens with one attached hydrogen (secondary N) is 1. The van der Waals surface area contributed by atoms with Crippen LogP contribution in [-0.2, 0) is 11.2 Å². The van der Waals surface area contributed by atoms with Gasteiger partial charge in [-0.3, -0.25) is 4.79 Å². The number of aromatic nitrogens is 2. The molecular formula is C21H27N5O. The number of nitrogens with zero attached hydrogens (tertiary/aromatic N) is 4. The molecule has 142 valence electrons. The third-order valence-electron chi connectivity index (χ3n) is 4.64. The van der Waals surface area contributed by atoms with Gasteiger partial charge in [0, 0.05) is 19.1 Å². The monoisotopic (exact) mass is 365 g/mol. The van der Waals surface area contributed by atoms with Crippen molar-refractivity contribution in [2.45, 2.75) is 45.6 Å². The molecule has 0 aliphatic carbocycles. The summed E-state index contributed by atoms with van der Waals surface area (Å²) in [4.78, 5) is 12.3. The van der Waals surface area contributed by atoms with Crippen LogP contribution in [0.25, 0.3) is 0 Å². The van der Waals surface area contributed by atoms with Crippen molar-refractivity contribution >= 4 is 12.2 Å². The molecule has 1 fully saturated rings. The molecule has 0 bridgehead atoms. The summed E-state index contributed by atoms with van der Waals surface area (Å²) in [5.74, 6) is 1.40. The highest BCUT2D eigenvalue weighted by atomic mass is 16.1. The first-order valence-electron chi connectivity index (χ1n) is 9.34. The van der Waals surface area contributed by atoms with Crippen LogP contribution in [0.4, 0.5) is 5.82 Å². The highest BCUT2D eigenvalue weighted by Crippen LogP contribution is 2.17. The van der Waals surface area contributed by atoms with E-state index in [4.69, 9.17) is 5.26 Å². The van der Waals surface area contributed by atoms with Gasteiger partial charge in [-0.25, -0.2) is 0 Å². The fourth-order valence-electron chi connectivity index (χ4n) is 2.89. The molecule has 1 unspecified atom stereocenters. The van der Waals surface area contributed by atoms with Gasteiger partial charge in [0.15, 0.2) is 11.5 Å². The van der Waals surface area contributed by atoms with Gasteiger partial charge in [0.05, 0.1) is 0 Å². The smallest absolute Gasteiger partial charge is 0.207 e. The van der Waals surface area contributed by atoms with E-state index in [2.05, 4.69) is 60.6 Å². The van der Waals surface area contributed by atoms with Gasteiger partial charge in [-0.1, -0.05) is 45.0 Å². The third-order valence-corrected chi connectivity index (χ3v) is 4.64. The van der Waals surface area contributed by atoms with Crippen LogP contribution in [0.3, 0.4) is 0 Å². The summed E-state index contributed by atoms with van der Waals surface area (Å²) in [5, 5.41) is 19.1. The summed E-state index contributed by atoms with van der Waals surface area (Å²) in [6, 6.07) is 14.4. The second-order valence-corrected chi connectivity index (χ2v) is 6.85. The zero-order chi connectivity index (χ0) is 19.6. The molecule has 1 aliphatic heterocycles. The Morgan fingerprint density at radius 1 is 1.26 bits per heavy atom. The van der Waals surface area contributed by atoms with Gasteiger partial charge in [-0.2, -0.15) is 5.26 Å². The lowest BCUT2D eigenvalue weighted by Gasteiger charge is -2.16. The van der Waals surface area contributed by atoms with Gasteiger partial charge in [-0.05, 0) is 42.0 Å². The standard InChI is InChI=1S/C11H16.C10H11N5O/c1-4-10-5-7-11(8-6-10)9(2)3;11-5-8-1-2-10(14-13-8)15-4-3-9(6-15)12-7-16/h5-9H,4H2,1-3H3;1-2,7,9H,3-4,6H2,(H,12,16). The maximum absolute atomic E-state index is 10.3. The van der Waals surface area contributed by atoms with Gasteiger partial charge in [0.25, 0.3) is 0 Å². The molecule has 1 aromatic carbocycles. The molecule has 1 saturated heterocycles. The van der Waals surface area contributed by atoms with Crippen LogP contribution < -0.4 is 10.2 Å². The molecule has 6 nitrogen and oxygen atoms in total. The topological polar surface area (TPSA) is 81.9 Å². The van der Waals surface area contributed by atoms with Crippen molar-refractivity contribution in [2.24, 2.45) is 0 Å². The molecule has 6 heteroatoms. The fraction of sp³-hybridized carbons (Fsp3) is 0.429. The van der Waals surface area contributed by atoms with Crippen molar-refractivity contribution in [3.8, 4) is 6.07 Å². The van der Waals surface area contributed by atoms with Crippen molar-refractivity contribution < 1.29 is 4.79 Å². The highest BCUT2D eigenvalue weighted by Gasteiger charge is 2.22. The minimum absolute atomic E-state index is 0.176. The van der Waals surface area contributed by atoms with E-state index in [1.807, 2.05) is 11.0 Å². The molecule has 1 N–H and O–H groups in total. The average Bonchev–Trinajstić information content (AvgIpc) is 3.17. The zero-order valence-electron chi connectivity index (χ0n) is 16.2. The number of carbonyl (C=O) groups excluding carboxylic acids is 1. The Morgan fingerprint density at radius 3 is 2.52 bits per heavy atom. The van der Waals surface area contributed by atoms with Gasteiger partial charge >= 0.3 is 0 Å². The van der Waals surface area contributed by atoms with E-state index in [9.17, 15) is 4.79 Å². The number of aryl methyl sites for hydroxylation is 1. The Morgan fingerprint density at radius 2 is 2.00 bits per heavy atom. The maximum Gasteiger partial charge on any atom is 0.207 e.